The van der Waals surface area contributed by atoms with Crippen LogP contribution in [-0.4, -0.2) is 59.9 Å². The summed E-state index contributed by atoms with van der Waals surface area (Å²) in [5.74, 6) is -0.289. The molecule has 0 radical (unpaired) electrons. The summed E-state index contributed by atoms with van der Waals surface area (Å²) in [5, 5.41) is 3.88. The summed E-state index contributed by atoms with van der Waals surface area (Å²) in [6.45, 7) is 1.89. The fourth-order valence-electron chi connectivity index (χ4n) is 4.71. The molecule has 1 aromatic carbocycles. The smallest absolute Gasteiger partial charge is 0.256 e. The lowest BCUT2D eigenvalue weighted by Crippen LogP contribution is -2.51. The van der Waals surface area contributed by atoms with E-state index in [0.717, 1.165) is 18.9 Å². The van der Waals surface area contributed by atoms with Crippen LogP contribution >= 0.6 is 11.6 Å². The second-order valence-electron chi connectivity index (χ2n) is 7.98. The summed E-state index contributed by atoms with van der Waals surface area (Å²) in [5.41, 5.74) is 0.0318. The third-order valence-corrected chi connectivity index (χ3v) is 6.35. The fraction of sp³-hybridized carbons (Fsp3) is 0.600. The average Bonchev–Trinajstić information content (AvgIpc) is 2.99. The first-order chi connectivity index (χ1) is 13.0. The van der Waals surface area contributed by atoms with Crippen LogP contribution in [0.3, 0.4) is 0 Å². The van der Waals surface area contributed by atoms with Gasteiger partial charge in [0, 0.05) is 49.7 Å². The Bertz CT molecular complexity index is 724. The number of piperidine rings is 1. The Morgan fingerprint density at radius 2 is 1.70 bits per heavy atom. The molecule has 3 aliphatic rings. The van der Waals surface area contributed by atoms with Gasteiger partial charge in [0.05, 0.1) is 5.56 Å². The second kappa shape index (κ2) is 7.76. The molecule has 3 aliphatic heterocycles. The lowest BCUT2D eigenvalue weighted by atomic mass is 9.89. The van der Waals surface area contributed by atoms with Gasteiger partial charge in [-0.15, -0.1) is 0 Å². The van der Waals surface area contributed by atoms with Crippen molar-refractivity contribution in [3.05, 3.63) is 34.6 Å². The van der Waals surface area contributed by atoms with Crippen molar-refractivity contribution >= 4 is 23.4 Å². The summed E-state index contributed by atoms with van der Waals surface area (Å²) in [6.07, 6.45) is 5.26. The van der Waals surface area contributed by atoms with Gasteiger partial charge in [-0.05, 0) is 49.8 Å². The van der Waals surface area contributed by atoms with Gasteiger partial charge in [0.1, 0.15) is 5.82 Å². The topological polar surface area (TPSA) is 52.7 Å². The summed E-state index contributed by atoms with van der Waals surface area (Å²) >= 11 is 5.75. The van der Waals surface area contributed by atoms with Crippen molar-refractivity contribution in [3.8, 4) is 0 Å². The van der Waals surface area contributed by atoms with Gasteiger partial charge in [0.15, 0.2) is 0 Å². The number of carbonyl (C=O) groups is 2. The van der Waals surface area contributed by atoms with E-state index in [1.807, 2.05) is 4.90 Å². The number of hydrogen-bond donors (Lipinski definition) is 1. The first-order valence-electron chi connectivity index (χ1n) is 9.78. The number of amides is 2. The molecule has 0 aromatic heterocycles. The number of nitrogens with zero attached hydrogens (tertiary/aromatic N) is 2. The maximum Gasteiger partial charge on any atom is 0.256 e. The van der Waals surface area contributed by atoms with Crippen LogP contribution < -0.4 is 5.32 Å². The molecule has 1 aromatic rings. The van der Waals surface area contributed by atoms with Gasteiger partial charge >= 0.3 is 0 Å². The Balaban J connectivity index is 1.29. The van der Waals surface area contributed by atoms with E-state index < -0.39 is 5.82 Å². The largest absolute Gasteiger partial charge is 0.339 e. The van der Waals surface area contributed by atoms with Gasteiger partial charge in [0.2, 0.25) is 5.91 Å². The van der Waals surface area contributed by atoms with Crippen molar-refractivity contribution in [3.63, 3.8) is 0 Å². The van der Waals surface area contributed by atoms with Crippen LogP contribution in [0.15, 0.2) is 18.2 Å². The highest BCUT2D eigenvalue weighted by atomic mass is 35.5. The Labute approximate surface area is 163 Å². The molecule has 4 rings (SSSR count). The number of piperazine rings is 1. The van der Waals surface area contributed by atoms with Crippen LogP contribution in [0, 0.1) is 11.7 Å². The number of nitrogens with one attached hydrogen (secondary N) is 1. The van der Waals surface area contributed by atoms with Crippen LogP contribution in [-0.2, 0) is 4.79 Å². The molecule has 2 unspecified atom stereocenters. The van der Waals surface area contributed by atoms with Gasteiger partial charge in [0.25, 0.3) is 5.91 Å². The molecule has 27 heavy (non-hydrogen) atoms. The zero-order valence-electron chi connectivity index (χ0n) is 15.3. The number of halogens is 2. The second-order valence-corrected chi connectivity index (χ2v) is 8.41. The van der Waals surface area contributed by atoms with E-state index in [9.17, 15) is 14.0 Å². The number of rotatable bonds is 3. The van der Waals surface area contributed by atoms with E-state index >= 15 is 0 Å². The van der Waals surface area contributed by atoms with Crippen molar-refractivity contribution < 1.29 is 14.0 Å². The van der Waals surface area contributed by atoms with Crippen LogP contribution in [0.4, 0.5) is 4.39 Å². The van der Waals surface area contributed by atoms with Gasteiger partial charge < -0.3 is 15.1 Å². The Hall–Kier alpha value is -1.66. The van der Waals surface area contributed by atoms with Crippen molar-refractivity contribution in [2.75, 3.05) is 26.2 Å². The first kappa shape index (κ1) is 18.7. The highest BCUT2D eigenvalue weighted by Gasteiger charge is 2.35. The molecule has 5 nitrogen and oxygen atoms in total. The monoisotopic (exact) mass is 393 g/mol. The molecule has 0 aliphatic carbocycles. The number of hydrogen-bond acceptors (Lipinski definition) is 3. The third kappa shape index (κ3) is 4.11. The Morgan fingerprint density at radius 1 is 1.07 bits per heavy atom. The number of carbonyl (C=O) groups excluding carboxylic acids is 2. The molecular formula is C20H25ClFN3O2. The minimum absolute atomic E-state index is 0.0318. The molecule has 0 saturated carbocycles. The van der Waals surface area contributed by atoms with Gasteiger partial charge in [-0.2, -0.15) is 0 Å². The van der Waals surface area contributed by atoms with Crippen LogP contribution in [0.25, 0.3) is 0 Å². The van der Waals surface area contributed by atoms with E-state index in [-0.39, 0.29) is 22.4 Å². The van der Waals surface area contributed by atoms with Gasteiger partial charge in [-0.25, -0.2) is 4.39 Å². The van der Waals surface area contributed by atoms with Crippen LogP contribution in [0.1, 0.15) is 42.5 Å². The third-order valence-electron chi connectivity index (χ3n) is 6.12. The molecule has 1 N–H and O–H groups in total. The quantitative estimate of drug-likeness (QED) is 0.859. The molecule has 0 spiro atoms. The van der Waals surface area contributed by atoms with Crippen molar-refractivity contribution in [1.29, 1.82) is 0 Å². The standard InChI is InChI=1S/C20H25ClFN3O2/c21-14-1-4-17(18(22)12-14)20(27)25-7-5-24(6-8-25)19(26)11-13-9-15-2-3-16(10-13)23-15/h1,4,12-13,15-16,23H,2-3,5-11H2. The maximum atomic E-state index is 14.0. The molecule has 146 valence electrons. The Morgan fingerprint density at radius 3 is 2.33 bits per heavy atom. The average molecular weight is 394 g/mol. The van der Waals surface area contributed by atoms with Gasteiger partial charge in [-0.1, -0.05) is 11.6 Å². The molecule has 2 amide bonds. The minimum Gasteiger partial charge on any atom is -0.339 e. The van der Waals surface area contributed by atoms with E-state index in [0.29, 0.717) is 50.6 Å². The van der Waals surface area contributed by atoms with E-state index in [1.54, 1.807) is 4.90 Å². The SMILES string of the molecule is O=C(CC1CC2CCC(C1)N2)N1CCN(C(=O)c2ccc(Cl)cc2F)CC1. The molecule has 3 saturated heterocycles. The zero-order valence-corrected chi connectivity index (χ0v) is 16.1. The van der Waals surface area contributed by atoms with Gasteiger partial charge in [-0.3, -0.25) is 9.59 Å². The normalized spacial score (nSPS) is 27.7. The minimum atomic E-state index is -0.605. The Kier molecular flexibility index (Phi) is 5.37. The highest BCUT2D eigenvalue weighted by molar-refractivity contribution is 6.30. The number of fused-ring (bicyclic) bond motifs is 2. The van der Waals surface area contributed by atoms with Crippen LogP contribution in [0.2, 0.25) is 5.02 Å². The van der Waals surface area contributed by atoms with Crippen molar-refractivity contribution in [2.24, 2.45) is 5.92 Å². The molecular weight excluding hydrogens is 369 g/mol. The zero-order chi connectivity index (χ0) is 19.0. The maximum absolute atomic E-state index is 14.0. The van der Waals surface area contributed by atoms with E-state index in [2.05, 4.69) is 5.32 Å². The summed E-state index contributed by atoms with van der Waals surface area (Å²) < 4.78 is 14.0. The predicted octanol–water partition coefficient (Wildman–Crippen LogP) is 2.68. The molecule has 3 fully saturated rings. The lowest BCUT2D eigenvalue weighted by molar-refractivity contribution is -0.134. The van der Waals surface area contributed by atoms with Crippen molar-refractivity contribution in [1.82, 2.24) is 15.1 Å². The predicted molar refractivity (Wildman–Crippen MR) is 101 cm³/mol. The summed E-state index contributed by atoms with van der Waals surface area (Å²) in [6, 6.07) is 5.27. The lowest BCUT2D eigenvalue weighted by Gasteiger charge is -2.36. The molecule has 7 heteroatoms. The van der Waals surface area contributed by atoms with Crippen molar-refractivity contribution in [2.45, 2.75) is 44.2 Å². The van der Waals surface area contributed by atoms with E-state index in [4.69, 9.17) is 11.6 Å². The fourth-order valence-corrected chi connectivity index (χ4v) is 4.87. The highest BCUT2D eigenvalue weighted by Crippen LogP contribution is 2.33. The molecule has 3 heterocycles. The number of benzene rings is 1. The molecule has 2 bridgehead atoms. The first-order valence-corrected chi connectivity index (χ1v) is 10.2. The summed E-state index contributed by atoms with van der Waals surface area (Å²) in [4.78, 5) is 28.7. The molecule has 2 atom stereocenters. The van der Waals surface area contributed by atoms with E-state index in [1.165, 1.54) is 25.0 Å². The van der Waals surface area contributed by atoms with Crippen LogP contribution in [0.5, 0.6) is 0 Å². The summed E-state index contributed by atoms with van der Waals surface area (Å²) in [7, 11) is 0.